The maximum absolute atomic E-state index is 11.4. The zero-order chi connectivity index (χ0) is 12.1. The van der Waals surface area contributed by atoms with Crippen molar-refractivity contribution in [3.05, 3.63) is 23.8 Å². The lowest BCUT2D eigenvalue weighted by Crippen LogP contribution is -2.40. The van der Waals surface area contributed by atoms with Gasteiger partial charge in [-0.15, -0.1) is 0 Å². The number of hydrogen-bond acceptors (Lipinski definition) is 5. The summed E-state index contributed by atoms with van der Waals surface area (Å²) in [6.07, 6.45) is 0. The molecule has 0 aliphatic heterocycles. The molecular formula is C9H11N3O4. The van der Waals surface area contributed by atoms with Gasteiger partial charge in [-0.3, -0.25) is 15.0 Å². The number of nitrogens with one attached hydrogen (secondary N) is 2. The Morgan fingerprint density at radius 1 is 1.25 bits per heavy atom. The third-order valence-electron chi connectivity index (χ3n) is 1.81. The third kappa shape index (κ3) is 2.85. The Kier molecular flexibility index (Phi) is 3.67. The quantitative estimate of drug-likeness (QED) is 0.191. The summed E-state index contributed by atoms with van der Waals surface area (Å²) in [7, 11) is 0. The topological polar surface area (TPSA) is 125 Å². The highest BCUT2D eigenvalue weighted by Gasteiger charge is 2.09. The Morgan fingerprint density at radius 2 is 1.94 bits per heavy atom. The van der Waals surface area contributed by atoms with Crippen molar-refractivity contribution in [3.63, 3.8) is 0 Å². The molecule has 1 aromatic carbocycles. The second kappa shape index (κ2) is 4.99. The van der Waals surface area contributed by atoms with Crippen LogP contribution in [0, 0.1) is 0 Å². The lowest BCUT2D eigenvalue weighted by Gasteiger charge is -2.05. The average molecular weight is 225 g/mol. The first-order valence-electron chi connectivity index (χ1n) is 4.34. The molecule has 16 heavy (non-hydrogen) atoms. The van der Waals surface area contributed by atoms with Crippen LogP contribution in [-0.4, -0.2) is 28.6 Å². The van der Waals surface area contributed by atoms with E-state index in [9.17, 15) is 9.59 Å². The molecule has 7 nitrogen and oxygen atoms in total. The highest BCUT2D eigenvalue weighted by atomic mass is 16.3. The summed E-state index contributed by atoms with van der Waals surface area (Å²) in [4.78, 5) is 22.1. The molecule has 0 atom stereocenters. The Hall–Kier alpha value is -2.28. The van der Waals surface area contributed by atoms with Crippen LogP contribution in [0.5, 0.6) is 11.5 Å². The van der Waals surface area contributed by atoms with E-state index in [0.717, 1.165) is 6.07 Å². The molecule has 0 spiro atoms. The zero-order valence-electron chi connectivity index (χ0n) is 8.23. The highest BCUT2D eigenvalue weighted by molar-refractivity contribution is 5.96. The first kappa shape index (κ1) is 11.8. The SMILES string of the molecule is NNC(=O)CNC(=O)c1ccc(O)c(O)c1. The summed E-state index contributed by atoms with van der Waals surface area (Å²) in [5.41, 5.74) is 1.97. The molecule has 0 heterocycles. The van der Waals surface area contributed by atoms with Crippen molar-refractivity contribution < 1.29 is 19.8 Å². The number of amides is 2. The van der Waals surface area contributed by atoms with E-state index in [1.807, 2.05) is 5.43 Å². The predicted octanol–water partition coefficient (Wildman–Crippen LogP) is -1.18. The van der Waals surface area contributed by atoms with Crippen molar-refractivity contribution in [1.82, 2.24) is 10.7 Å². The van der Waals surface area contributed by atoms with E-state index in [-0.39, 0.29) is 17.9 Å². The minimum Gasteiger partial charge on any atom is -0.504 e. The number of hydrogen-bond donors (Lipinski definition) is 5. The molecule has 0 bridgehead atoms. The van der Waals surface area contributed by atoms with Gasteiger partial charge in [-0.05, 0) is 18.2 Å². The largest absolute Gasteiger partial charge is 0.504 e. The molecule has 0 saturated heterocycles. The first-order chi connectivity index (χ1) is 7.54. The van der Waals surface area contributed by atoms with Gasteiger partial charge in [-0.1, -0.05) is 0 Å². The standard InChI is InChI=1S/C9H11N3O4/c10-12-8(15)4-11-9(16)5-1-2-6(13)7(14)3-5/h1-3,13-14H,4,10H2,(H,11,16)(H,12,15). The van der Waals surface area contributed by atoms with E-state index in [2.05, 4.69) is 5.32 Å². The van der Waals surface area contributed by atoms with Crippen LogP contribution in [0.25, 0.3) is 0 Å². The van der Waals surface area contributed by atoms with Gasteiger partial charge in [0.05, 0.1) is 6.54 Å². The molecule has 7 heteroatoms. The van der Waals surface area contributed by atoms with E-state index in [4.69, 9.17) is 16.1 Å². The van der Waals surface area contributed by atoms with Crippen molar-refractivity contribution in [1.29, 1.82) is 0 Å². The molecule has 1 rings (SSSR count). The van der Waals surface area contributed by atoms with Gasteiger partial charge in [-0.25, -0.2) is 5.84 Å². The van der Waals surface area contributed by atoms with Gasteiger partial charge >= 0.3 is 0 Å². The minimum atomic E-state index is -0.557. The molecule has 2 amide bonds. The van der Waals surface area contributed by atoms with Crippen molar-refractivity contribution in [2.75, 3.05) is 6.54 Å². The van der Waals surface area contributed by atoms with Crippen molar-refractivity contribution >= 4 is 11.8 Å². The molecule has 0 fully saturated rings. The first-order valence-corrected chi connectivity index (χ1v) is 4.34. The molecular weight excluding hydrogens is 214 g/mol. The number of rotatable bonds is 3. The van der Waals surface area contributed by atoms with Crippen LogP contribution in [0.1, 0.15) is 10.4 Å². The Balaban J connectivity index is 2.66. The lowest BCUT2D eigenvalue weighted by atomic mass is 10.2. The highest BCUT2D eigenvalue weighted by Crippen LogP contribution is 2.24. The fourth-order valence-corrected chi connectivity index (χ4v) is 0.978. The number of benzene rings is 1. The van der Waals surface area contributed by atoms with Gasteiger partial charge in [0.25, 0.3) is 11.8 Å². The zero-order valence-corrected chi connectivity index (χ0v) is 8.23. The predicted molar refractivity (Wildman–Crippen MR) is 54.4 cm³/mol. The number of carbonyl (C=O) groups is 2. The molecule has 86 valence electrons. The minimum absolute atomic E-state index is 0.125. The van der Waals surface area contributed by atoms with Crippen LogP contribution in [-0.2, 0) is 4.79 Å². The van der Waals surface area contributed by atoms with Gasteiger partial charge in [0, 0.05) is 5.56 Å². The van der Waals surface area contributed by atoms with Crippen LogP contribution in [0.4, 0.5) is 0 Å². The maximum atomic E-state index is 11.4. The van der Waals surface area contributed by atoms with Gasteiger partial charge in [0.15, 0.2) is 11.5 Å². The van der Waals surface area contributed by atoms with Crippen molar-refractivity contribution in [3.8, 4) is 11.5 Å². The van der Waals surface area contributed by atoms with Crippen LogP contribution >= 0.6 is 0 Å². The van der Waals surface area contributed by atoms with Gasteiger partial charge < -0.3 is 15.5 Å². The molecule has 0 unspecified atom stereocenters. The van der Waals surface area contributed by atoms with E-state index < -0.39 is 17.6 Å². The number of carbonyl (C=O) groups excluding carboxylic acids is 2. The van der Waals surface area contributed by atoms with Crippen LogP contribution in [0.2, 0.25) is 0 Å². The van der Waals surface area contributed by atoms with Gasteiger partial charge in [0.2, 0.25) is 0 Å². The molecule has 6 N–H and O–H groups in total. The van der Waals surface area contributed by atoms with Crippen molar-refractivity contribution in [2.24, 2.45) is 5.84 Å². The molecule has 0 radical (unpaired) electrons. The van der Waals surface area contributed by atoms with Crippen molar-refractivity contribution in [2.45, 2.75) is 0 Å². The second-order valence-corrected chi connectivity index (χ2v) is 2.95. The summed E-state index contributed by atoms with van der Waals surface area (Å²) in [5.74, 6) is 2.99. The van der Waals surface area contributed by atoms with E-state index in [1.54, 1.807) is 0 Å². The Morgan fingerprint density at radius 3 is 2.50 bits per heavy atom. The molecule has 0 saturated carbocycles. The number of aromatic hydroxyl groups is 2. The molecule has 0 aromatic heterocycles. The molecule has 0 aliphatic carbocycles. The number of nitrogens with two attached hydrogens (primary N) is 1. The normalized spacial score (nSPS) is 9.56. The summed E-state index contributed by atoms with van der Waals surface area (Å²) in [6.45, 7) is -0.267. The lowest BCUT2D eigenvalue weighted by molar-refractivity contribution is -0.120. The number of hydrazine groups is 1. The fraction of sp³-hybridized carbons (Fsp3) is 0.111. The summed E-state index contributed by atoms with van der Waals surface area (Å²) < 4.78 is 0. The van der Waals surface area contributed by atoms with E-state index >= 15 is 0 Å². The van der Waals surface area contributed by atoms with E-state index in [0.29, 0.717) is 0 Å². The monoisotopic (exact) mass is 225 g/mol. The summed E-state index contributed by atoms with van der Waals surface area (Å²) in [5, 5.41) is 20.4. The molecule has 0 aliphatic rings. The smallest absolute Gasteiger partial charge is 0.253 e. The number of phenolic OH excluding ortho intramolecular Hbond substituents is 2. The number of phenols is 2. The third-order valence-corrected chi connectivity index (χ3v) is 1.81. The molecule has 1 aromatic rings. The van der Waals surface area contributed by atoms with Gasteiger partial charge in [-0.2, -0.15) is 0 Å². The maximum Gasteiger partial charge on any atom is 0.253 e. The van der Waals surface area contributed by atoms with E-state index in [1.165, 1.54) is 12.1 Å². The average Bonchev–Trinajstić information content (AvgIpc) is 2.29. The van der Waals surface area contributed by atoms with Crippen LogP contribution < -0.4 is 16.6 Å². The van der Waals surface area contributed by atoms with Gasteiger partial charge in [0.1, 0.15) is 0 Å². The fourth-order valence-electron chi connectivity index (χ4n) is 0.978. The van der Waals surface area contributed by atoms with Crippen LogP contribution in [0.3, 0.4) is 0 Å². The Labute approximate surface area is 90.8 Å². The Bertz CT molecular complexity index is 419. The summed E-state index contributed by atoms with van der Waals surface area (Å²) >= 11 is 0. The summed E-state index contributed by atoms with van der Waals surface area (Å²) in [6, 6.07) is 3.57. The second-order valence-electron chi connectivity index (χ2n) is 2.95. The van der Waals surface area contributed by atoms with Crippen LogP contribution in [0.15, 0.2) is 18.2 Å².